The van der Waals surface area contributed by atoms with Crippen LogP contribution in [0.1, 0.15) is 16.1 Å². The lowest BCUT2D eigenvalue weighted by Crippen LogP contribution is -1.98. The van der Waals surface area contributed by atoms with Gasteiger partial charge in [0.2, 0.25) is 0 Å². The number of hydrogen-bond donors (Lipinski definition) is 1. The van der Waals surface area contributed by atoms with Crippen molar-refractivity contribution in [1.29, 1.82) is 0 Å². The highest BCUT2D eigenvalue weighted by atomic mass is 32.1. The van der Waals surface area contributed by atoms with Gasteiger partial charge in [-0.3, -0.25) is 0 Å². The zero-order chi connectivity index (χ0) is 12.7. The number of fused-ring (bicyclic) bond motifs is 1. The van der Waals surface area contributed by atoms with Crippen molar-refractivity contribution in [2.24, 2.45) is 0 Å². The standard InChI is InChI=1S/C12H8N2O3S/c1-6-9(12(15)16)10(14-17-6)11-13-7-4-2-3-5-8(7)18-11/h2-5H,1H3,(H,15,16). The molecule has 0 saturated heterocycles. The molecule has 0 bridgehead atoms. The number of carboxylic acid groups (broad SMARTS) is 1. The van der Waals surface area contributed by atoms with Crippen molar-refractivity contribution in [2.75, 3.05) is 0 Å². The first-order valence-electron chi connectivity index (χ1n) is 5.22. The van der Waals surface area contributed by atoms with Gasteiger partial charge in [0, 0.05) is 0 Å². The fourth-order valence-electron chi connectivity index (χ4n) is 1.74. The molecule has 6 heteroatoms. The van der Waals surface area contributed by atoms with E-state index < -0.39 is 5.97 Å². The predicted octanol–water partition coefficient (Wildman–Crippen LogP) is 2.96. The summed E-state index contributed by atoms with van der Waals surface area (Å²) in [6.07, 6.45) is 0. The molecule has 5 nitrogen and oxygen atoms in total. The molecule has 1 aromatic carbocycles. The van der Waals surface area contributed by atoms with Crippen molar-refractivity contribution >= 4 is 27.5 Å². The summed E-state index contributed by atoms with van der Waals surface area (Å²) in [5.41, 5.74) is 1.20. The molecule has 3 aromatic rings. The largest absolute Gasteiger partial charge is 0.477 e. The first kappa shape index (κ1) is 10.9. The minimum Gasteiger partial charge on any atom is -0.477 e. The monoisotopic (exact) mass is 260 g/mol. The summed E-state index contributed by atoms with van der Waals surface area (Å²) >= 11 is 1.40. The lowest BCUT2D eigenvalue weighted by molar-refractivity contribution is 0.0696. The molecule has 0 aliphatic carbocycles. The molecule has 0 fully saturated rings. The molecule has 2 heterocycles. The van der Waals surface area contributed by atoms with Crippen LogP contribution >= 0.6 is 11.3 Å². The Labute approximate surface area is 106 Å². The maximum atomic E-state index is 11.2. The Morgan fingerprint density at radius 2 is 2.17 bits per heavy atom. The van der Waals surface area contributed by atoms with E-state index in [9.17, 15) is 4.79 Å². The van der Waals surface area contributed by atoms with Crippen LogP contribution in [-0.4, -0.2) is 21.2 Å². The molecule has 3 rings (SSSR count). The summed E-state index contributed by atoms with van der Waals surface area (Å²) < 4.78 is 5.93. The van der Waals surface area contributed by atoms with Crippen molar-refractivity contribution in [2.45, 2.75) is 6.92 Å². The number of hydrogen-bond acceptors (Lipinski definition) is 5. The summed E-state index contributed by atoms with van der Waals surface area (Å²) in [5.74, 6) is -0.764. The Morgan fingerprint density at radius 3 is 2.89 bits per heavy atom. The van der Waals surface area contributed by atoms with Crippen LogP contribution in [0.15, 0.2) is 28.8 Å². The van der Waals surface area contributed by atoms with Crippen LogP contribution in [0.3, 0.4) is 0 Å². The number of aryl methyl sites for hydroxylation is 1. The zero-order valence-electron chi connectivity index (χ0n) is 9.38. The van der Waals surface area contributed by atoms with E-state index in [4.69, 9.17) is 9.63 Å². The third-order valence-electron chi connectivity index (χ3n) is 2.57. The second-order valence-corrected chi connectivity index (χ2v) is 4.78. The normalized spacial score (nSPS) is 10.9. The number of benzene rings is 1. The number of para-hydroxylation sites is 1. The van der Waals surface area contributed by atoms with Gasteiger partial charge in [0.05, 0.1) is 10.2 Å². The highest BCUT2D eigenvalue weighted by molar-refractivity contribution is 7.21. The Kier molecular flexibility index (Phi) is 2.38. The number of aromatic carboxylic acids is 1. The molecule has 0 unspecified atom stereocenters. The summed E-state index contributed by atoms with van der Waals surface area (Å²) in [6, 6.07) is 7.61. The topological polar surface area (TPSA) is 76.2 Å². The van der Waals surface area contributed by atoms with E-state index in [2.05, 4.69) is 10.1 Å². The molecule has 0 aliphatic heterocycles. The van der Waals surface area contributed by atoms with Gasteiger partial charge in [-0.15, -0.1) is 11.3 Å². The highest BCUT2D eigenvalue weighted by Crippen LogP contribution is 2.32. The maximum Gasteiger partial charge on any atom is 0.341 e. The molecule has 2 aromatic heterocycles. The van der Waals surface area contributed by atoms with E-state index in [1.807, 2.05) is 24.3 Å². The van der Waals surface area contributed by atoms with E-state index in [-0.39, 0.29) is 11.3 Å². The third-order valence-corrected chi connectivity index (χ3v) is 3.62. The fourth-order valence-corrected chi connectivity index (χ4v) is 2.70. The SMILES string of the molecule is Cc1onc(-c2nc3ccccc3s2)c1C(=O)O. The summed E-state index contributed by atoms with van der Waals surface area (Å²) in [6.45, 7) is 1.58. The molecule has 18 heavy (non-hydrogen) atoms. The van der Waals surface area contributed by atoms with Gasteiger partial charge in [-0.25, -0.2) is 9.78 Å². The Morgan fingerprint density at radius 1 is 1.39 bits per heavy atom. The van der Waals surface area contributed by atoms with Gasteiger partial charge in [0.15, 0.2) is 5.69 Å². The molecule has 0 radical (unpaired) electrons. The molecular weight excluding hydrogens is 252 g/mol. The minimum atomic E-state index is -1.05. The van der Waals surface area contributed by atoms with Gasteiger partial charge in [-0.1, -0.05) is 17.3 Å². The number of aromatic nitrogens is 2. The first-order valence-corrected chi connectivity index (χ1v) is 6.04. The van der Waals surface area contributed by atoms with Crippen molar-refractivity contribution in [3.8, 4) is 10.7 Å². The van der Waals surface area contributed by atoms with Crippen LogP contribution in [0.2, 0.25) is 0 Å². The number of carbonyl (C=O) groups is 1. The highest BCUT2D eigenvalue weighted by Gasteiger charge is 2.23. The molecule has 0 spiro atoms. The maximum absolute atomic E-state index is 11.2. The molecule has 0 aliphatic rings. The van der Waals surface area contributed by atoms with E-state index >= 15 is 0 Å². The van der Waals surface area contributed by atoms with Gasteiger partial charge in [-0.05, 0) is 19.1 Å². The number of carboxylic acids is 1. The van der Waals surface area contributed by atoms with Crippen LogP contribution in [0, 0.1) is 6.92 Å². The minimum absolute atomic E-state index is 0.0778. The second-order valence-electron chi connectivity index (χ2n) is 3.75. The summed E-state index contributed by atoms with van der Waals surface area (Å²) in [4.78, 5) is 15.5. The lowest BCUT2D eigenvalue weighted by atomic mass is 10.2. The number of rotatable bonds is 2. The molecule has 90 valence electrons. The van der Waals surface area contributed by atoms with Crippen LogP contribution in [0.5, 0.6) is 0 Å². The average molecular weight is 260 g/mol. The van der Waals surface area contributed by atoms with Gasteiger partial charge < -0.3 is 9.63 Å². The number of thiazole rings is 1. The van der Waals surface area contributed by atoms with Crippen LogP contribution in [-0.2, 0) is 0 Å². The van der Waals surface area contributed by atoms with E-state index in [0.29, 0.717) is 10.7 Å². The summed E-state index contributed by atoms with van der Waals surface area (Å²) in [5, 5.41) is 13.5. The Bertz CT molecular complexity index is 712. The van der Waals surface area contributed by atoms with Gasteiger partial charge in [0.1, 0.15) is 16.3 Å². The van der Waals surface area contributed by atoms with Crippen LogP contribution < -0.4 is 0 Å². The second kappa shape index (κ2) is 3.92. The van der Waals surface area contributed by atoms with Crippen LogP contribution in [0.25, 0.3) is 20.9 Å². The molecule has 0 atom stereocenters. The first-order chi connectivity index (χ1) is 8.66. The average Bonchev–Trinajstić information content (AvgIpc) is 2.91. The van der Waals surface area contributed by atoms with Crippen molar-refractivity contribution in [3.63, 3.8) is 0 Å². The molecule has 0 amide bonds. The quantitative estimate of drug-likeness (QED) is 0.766. The lowest BCUT2D eigenvalue weighted by Gasteiger charge is -1.91. The fraction of sp³-hybridized carbons (Fsp3) is 0.0833. The summed E-state index contributed by atoms with van der Waals surface area (Å²) in [7, 11) is 0. The van der Waals surface area contributed by atoms with E-state index in [1.165, 1.54) is 11.3 Å². The Hall–Kier alpha value is -2.21. The molecule has 0 saturated carbocycles. The van der Waals surface area contributed by atoms with Gasteiger partial charge in [0.25, 0.3) is 0 Å². The Balaban J connectivity index is 2.23. The van der Waals surface area contributed by atoms with Crippen molar-refractivity contribution in [3.05, 3.63) is 35.6 Å². The van der Waals surface area contributed by atoms with E-state index in [1.54, 1.807) is 6.92 Å². The molecular formula is C12H8N2O3S. The molecule has 1 N–H and O–H groups in total. The predicted molar refractivity (Wildman–Crippen MR) is 66.8 cm³/mol. The zero-order valence-corrected chi connectivity index (χ0v) is 10.2. The van der Waals surface area contributed by atoms with Crippen LogP contribution in [0.4, 0.5) is 0 Å². The van der Waals surface area contributed by atoms with Gasteiger partial charge >= 0.3 is 5.97 Å². The van der Waals surface area contributed by atoms with Crippen molar-refractivity contribution < 1.29 is 14.4 Å². The number of nitrogens with zero attached hydrogens (tertiary/aromatic N) is 2. The third kappa shape index (κ3) is 1.58. The van der Waals surface area contributed by atoms with E-state index in [0.717, 1.165) is 10.2 Å². The van der Waals surface area contributed by atoms with Crippen molar-refractivity contribution in [1.82, 2.24) is 10.1 Å². The van der Waals surface area contributed by atoms with Gasteiger partial charge in [-0.2, -0.15) is 0 Å². The smallest absolute Gasteiger partial charge is 0.341 e.